The van der Waals surface area contributed by atoms with Crippen molar-refractivity contribution in [1.29, 1.82) is 0 Å². The van der Waals surface area contributed by atoms with Crippen LogP contribution in [0.15, 0.2) is 18.2 Å². The van der Waals surface area contributed by atoms with Crippen LogP contribution < -0.4 is 5.32 Å². The Hall–Kier alpha value is -1.62. The van der Waals surface area contributed by atoms with Gasteiger partial charge in [-0.15, -0.1) is 0 Å². The van der Waals surface area contributed by atoms with Gasteiger partial charge in [0.25, 0.3) is 5.69 Å². The lowest BCUT2D eigenvalue weighted by Gasteiger charge is -2.07. The Labute approximate surface area is 101 Å². The standard InChI is InChI=1S/C12H18N2O3/c1-3-17-8-4-7-13-11-9-10(2)5-6-12(11)14(15)16/h5-6,9,13H,3-4,7-8H2,1-2H3. The van der Waals surface area contributed by atoms with Crippen LogP contribution in [0.4, 0.5) is 11.4 Å². The van der Waals surface area contributed by atoms with Crippen LogP contribution in [-0.4, -0.2) is 24.7 Å². The molecule has 0 bridgehead atoms. The molecule has 0 spiro atoms. The molecule has 1 aromatic rings. The van der Waals surface area contributed by atoms with Crippen molar-refractivity contribution in [1.82, 2.24) is 0 Å². The van der Waals surface area contributed by atoms with E-state index < -0.39 is 0 Å². The molecule has 0 saturated heterocycles. The summed E-state index contributed by atoms with van der Waals surface area (Å²) in [5.74, 6) is 0. The van der Waals surface area contributed by atoms with Crippen LogP contribution in [0.3, 0.4) is 0 Å². The van der Waals surface area contributed by atoms with Gasteiger partial charge < -0.3 is 10.1 Å². The number of ether oxygens (including phenoxy) is 1. The van der Waals surface area contributed by atoms with Gasteiger partial charge in [-0.25, -0.2) is 0 Å². The molecule has 5 nitrogen and oxygen atoms in total. The van der Waals surface area contributed by atoms with E-state index in [1.165, 1.54) is 6.07 Å². The van der Waals surface area contributed by atoms with Gasteiger partial charge in [-0.2, -0.15) is 0 Å². The highest BCUT2D eigenvalue weighted by Gasteiger charge is 2.12. The zero-order valence-corrected chi connectivity index (χ0v) is 10.2. The molecule has 0 radical (unpaired) electrons. The van der Waals surface area contributed by atoms with Crippen LogP contribution >= 0.6 is 0 Å². The normalized spacial score (nSPS) is 10.2. The van der Waals surface area contributed by atoms with E-state index in [9.17, 15) is 10.1 Å². The zero-order valence-electron chi connectivity index (χ0n) is 10.2. The summed E-state index contributed by atoms with van der Waals surface area (Å²) in [6.45, 7) is 5.89. The van der Waals surface area contributed by atoms with Crippen molar-refractivity contribution in [3.05, 3.63) is 33.9 Å². The van der Waals surface area contributed by atoms with E-state index in [1.54, 1.807) is 12.1 Å². The molecule has 0 aliphatic heterocycles. The summed E-state index contributed by atoms with van der Waals surface area (Å²) in [4.78, 5) is 10.4. The predicted octanol–water partition coefficient (Wildman–Crippen LogP) is 2.74. The molecule has 0 saturated carbocycles. The van der Waals surface area contributed by atoms with Crippen molar-refractivity contribution in [3.63, 3.8) is 0 Å². The zero-order chi connectivity index (χ0) is 12.7. The molecule has 5 heteroatoms. The number of nitro benzene ring substituents is 1. The Morgan fingerprint density at radius 3 is 2.88 bits per heavy atom. The average molecular weight is 238 g/mol. The van der Waals surface area contributed by atoms with Crippen molar-refractivity contribution in [2.75, 3.05) is 25.1 Å². The molecule has 0 aromatic heterocycles. The van der Waals surface area contributed by atoms with Crippen molar-refractivity contribution < 1.29 is 9.66 Å². The predicted molar refractivity (Wildman–Crippen MR) is 67.4 cm³/mol. The number of rotatable bonds is 7. The second-order valence-corrected chi connectivity index (χ2v) is 3.75. The lowest BCUT2D eigenvalue weighted by Crippen LogP contribution is -2.07. The second-order valence-electron chi connectivity index (χ2n) is 3.75. The van der Waals surface area contributed by atoms with E-state index in [-0.39, 0.29) is 10.6 Å². The molecule has 0 heterocycles. The summed E-state index contributed by atoms with van der Waals surface area (Å²) >= 11 is 0. The molecule has 0 fully saturated rings. The highest BCUT2D eigenvalue weighted by atomic mass is 16.6. The Balaban J connectivity index is 2.56. The third-order valence-electron chi connectivity index (χ3n) is 2.33. The summed E-state index contributed by atoms with van der Waals surface area (Å²) in [7, 11) is 0. The average Bonchev–Trinajstić information content (AvgIpc) is 2.28. The first-order valence-corrected chi connectivity index (χ1v) is 5.71. The quantitative estimate of drug-likeness (QED) is 0.450. The maximum atomic E-state index is 10.8. The van der Waals surface area contributed by atoms with Crippen LogP contribution in [0.1, 0.15) is 18.9 Å². The van der Waals surface area contributed by atoms with Crippen molar-refractivity contribution >= 4 is 11.4 Å². The third kappa shape index (κ3) is 4.40. The van der Waals surface area contributed by atoms with Crippen LogP contribution in [0.5, 0.6) is 0 Å². The van der Waals surface area contributed by atoms with E-state index in [0.29, 0.717) is 25.4 Å². The van der Waals surface area contributed by atoms with E-state index in [2.05, 4.69) is 5.32 Å². The van der Waals surface area contributed by atoms with E-state index in [4.69, 9.17) is 4.74 Å². The molecule has 0 amide bonds. The van der Waals surface area contributed by atoms with Crippen molar-refractivity contribution in [2.45, 2.75) is 20.3 Å². The molecule has 0 aliphatic rings. The minimum atomic E-state index is -0.371. The molecule has 17 heavy (non-hydrogen) atoms. The number of aryl methyl sites for hydroxylation is 1. The molecule has 1 rings (SSSR count). The number of hydrogen-bond donors (Lipinski definition) is 1. The molecule has 1 N–H and O–H groups in total. The van der Waals surface area contributed by atoms with Gasteiger partial charge in [0, 0.05) is 25.8 Å². The monoisotopic (exact) mass is 238 g/mol. The maximum absolute atomic E-state index is 10.8. The molecular weight excluding hydrogens is 220 g/mol. The fourth-order valence-corrected chi connectivity index (χ4v) is 1.49. The van der Waals surface area contributed by atoms with Gasteiger partial charge in [0.15, 0.2) is 0 Å². The number of hydrogen-bond acceptors (Lipinski definition) is 4. The topological polar surface area (TPSA) is 64.4 Å². The Morgan fingerprint density at radius 1 is 1.47 bits per heavy atom. The first kappa shape index (κ1) is 13.4. The molecule has 0 atom stereocenters. The lowest BCUT2D eigenvalue weighted by molar-refractivity contribution is -0.384. The first-order chi connectivity index (χ1) is 8.15. The molecule has 94 valence electrons. The summed E-state index contributed by atoms with van der Waals surface area (Å²) in [6.07, 6.45) is 0.832. The summed E-state index contributed by atoms with van der Waals surface area (Å²) in [6, 6.07) is 5.06. The van der Waals surface area contributed by atoms with Crippen LogP contribution in [0, 0.1) is 17.0 Å². The number of nitro groups is 1. The maximum Gasteiger partial charge on any atom is 0.292 e. The SMILES string of the molecule is CCOCCCNc1cc(C)ccc1[N+](=O)[O-]. The minimum absolute atomic E-state index is 0.118. The Kier molecular flexibility index (Phi) is 5.42. The largest absolute Gasteiger partial charge is 0.382 e. The first-order valence-electron chi connectivity index (χ1n) is 5.71. The number of anilines is 1. The smallest absolute Gasteiger partial charge is 0.292 e. The number of nitrogens with one attached hydrogen (secondary N) is 1. The fourth-order valence-electron chi connectivity index (χ4n) is 1.49. The second kappa shape index (κ2) is 6.85. The van der Waals surface area contributed by atoms with E-state index >= 15 is 0 Å². The van der Waals surface area contributed by atoms with Gasteiger partial charge >= 0.3 is 0 Å². The fraction of sp³-hybridized carbons (Fsp3) is 0.500. The third-order valence-corrected chi connectivity index (χ3v) is 2.33. The van der Waals surface area contributed by atoms with Gasteiger partial charge in [-0.05, 0) is 31.9 Å². The lowest BCUT2D eigenvalue weighted by atomic mass is 10.2. The Morgan fingerprint density at radius 2 is 2.24 bits per heavy atom. The van der Waals surface area contributed by atoms with Crippen molar-refractivity contribution in [3.8, 4) is 0 Å². The molecular formula is C12H18N2O3. The van der Waals surface area contributed by atoms with Crippen LogP contribution in [-0.2, 0) is 4.74 Å². The van der Waals surface area contributed by atoms with Gasteiger partial charge in [0.2, 0.25) is 0 Å². The molecule has 0 unspecified atom stereocenters. The number of benzene rings is 1. The van der Waals surface area contributed by atoms with Crippen LogP contribution in [0.2, 0.25) is 0 Å². The Bertz CT molecular complexity index is 380. The molecule has 0 aliphatic carbocycles. The van der Waals surface area contributed by atoms with E-state index in [1.807, 2.05) is 13.8 Å². The highest BCUT2D eigenvalue weighted by molar-refractivity contribution is 5.62. The minimum Gasteiger partial charge on any atom is -0.382 e. The summed E-state index contributed by atoms with van der Waals surface area (Å²) in [5.41, 5.74) is 1.70. The van der Waals surface area contributed by atoms with Gasteiger partial charge in [0.1, 0.15) is 5.69 Å². The summed E-state index contributed by atoms with van der Waals surface area (Å²) in [5, 5.41) is 13.9. The molecule has 1 aromatic carbocycles. The highest BCUT2D eigenvalue weighted by Crippen LogP contribution is 2.24. The van der Waals surface area contributed by atoms with Gasteiger partial charge in [-0.3, -0.25) is 10.1 Å². The van der Waals surface area contributed by atoms with E-state index in [0.717, 1.165) is 12.0 Å². The number of nitrogens with zero attached hydrogens (tertiary/aromatic N) is 1. The van der Waals surface area contributed by atoms with Crippen LogP contribution in [0.25, 0.3) is 0 Å². The summed E-state index contributed by atoms with van der Waals surface area (Å²) < 4.78 is 5.20. The van der Waals surface area contributed by atoms with Gasteiger partial charge in [0.05, 0.1) is 4.92 Å². The van der Waals surface area contributed by atoms with Gasteiger partial charge in [-0.1, -0.05) is 6.07 Å². The van der Waals surface area contributed by atoms with Crippen molar-refractivity contribution in [2.24, 2.45) is 0 Å².